The molecule has 1 aromatic heterocycles. The van der Waals surface area contributed by atoms with E-state index >= 15 is 0 Å². The number of amides is 1. The summed E-state index contributed by atoms with van der Waals surface area (Å²) in [7, 11) is -3.31. The van der Waals surface area contributed by atoms with Gasteiger partial charge in [0.2, 0.25) is 15.9 Å². The summed E-state index contributed by atoms with van der Waals surface area (Å²) < 4.78 is 30.9. The van der Waals surface area contributed by atoms with Gasteiger partial charge in [0.05, 0.1) is 18.3 Å². The van der Waals surface area contributed by atoms with Gasteiger partial charge in [0.1, 0.15) is 0 Å². The van der Waals surface area contributed by atoms with E-state index in [4.69, 9.17) is 4.52 Å². The number of aromatic nitrogens is 2. The highest BCUT2D eigenvalue weighted by Gasteiger charge is 2.35. The van der Waals surface area contributed by atoms with Gasteiger partial charge in [-0.25, -0.2) is 8.42 Å². The molecule has 0 unspecified atom stereocenters. The molecule has 4 rings (SSSR count). The molecule has 0 bridgehead atoms. The second kappa shape index (κ2) is 8.00. The van der Waals surface area contributed by atoms with Crippen molar-refractivity contribution in [3.8, 4) is 11.5 Å². The first kappa shape index (κ1) is 19.1. The summed E-state index contributed by atoms with van der Waals surface area (Å²) in [6, 6.07) is 9.21. The van der Waals surface area contributed by atoms with Crippen LogP contribution >= 0.6 is 0 Å². The second-order valence-corrected chi connectivity index (χ2v) is 9.37. The molecule has 28 heavy (non-hydrogen) atoms. The predicted molar refractivity (Wildman–Crippen MR) is 103 cm³/mol. The standard InChI is InChI=1S/C19H24N4O4S/c24-17(14-22-11-7-13-28(22,25)26)23-12-6-2-5-10-16(23)18-20-19(27-21-18)15-8-3-1-4-9-15/h1,3-4,8-9,16H,2,5-7,10-14H2/t16-/m0/s1. The van der Waals surface area contributed by atoms with Crippen molar-refractivity contribution >= 4 is 15.9 Å². The van der Waals surface area contributed by atoms with Gasteiger partial charge in [0.15, 0.2) is 5.82 Å². The van der Waals surface area contributed by atoms with E-state index in [1.807, 2.05) is 30.3 Å². The molecule has 1 amide bonds. The molecule has 1 aromatic carbocycles. The Morgan fingerprint density at radius 2 is 1.93 bits per heavy atom. The molecule has 2 aliphatic rings. The lowest BCUT2D eigenvalue weighted by Gasteiger charge is -2.29. The number of carbonyl (C=O) groups is 1. The zero-order valence-corrected chi connectivity index (χ0v) is 16.5. The number of likely N-dealkylation sites (tertiary alicyclic amines) is 1. The summed E-state index contributed by atoms with van der Waals surface area (Å²) in [5.41, 5.74) is 0.830. The van der Waals surface area contributed by atoms with Gasteiger partial charge in [-0.1, -0.05) is 36.2 Å². The number of rotatable bonds is 4. The monoisotopic (exact) mass is 404 g/mol. The van der Waals surface area contributed by atoms with Gasteiger partial charge in [-0.3, -0.25) is 4.79 Å². The first-order chi connectivity index (χ1) is 13.5. The lowest BCUT2D eigenvalue weighted by atomic mass is 10.1. The molecule has 0 saturated carbocycles. The molecule has 0 aliphatic carbocycles. The van der Waals surface area contributed by atoms with E-state index in [0.29, 0.717) is 31.2 Å². The maximum absolute atomic E-state index is 13.0. The quantitative estimate of drug-likeness (QED) is 0.775. The topological polar surface area (TPSA) is 96.6 Å². The number of nitrogens with zero attached hydrogens (tertiary/aromatic N) is 4. The van der Waals surface area contributed by atoms with Gasteiger partial charge in [-0.05, 0) is 31.4 Å². The lowest BCUT2D eigenvalue weighted by molar-refractivity contribution is -0.134. The number of hydrogen-bond donors (Lipinski definition) is 0. The molecule has 150 valence electrons. The molecule has 2 fully saturated rings. The Balaban J connectivity index is 1.55. The van der Waals surface area contributed by atoms with E-state index in [2.05, 4.69) is 10.1 Å². The van der Waals surface area contributed by atoms with Crippen LogP contribution < -0.4 is 0 Å². The second-order valence-electron chi connectivity index (χ2n) is 7.28. The minimum atomic E-state index is -3.31. The van der Waals surface area contributed by atoms with Crippen LogP contribution in [0.25, 0.3) is 11.5 Å². The number of sulfonamides is 1. The van der Waals surface area contributed by atoms with Crippen LogP contribution in [0.3, 0.4) is 0 Å². The zero-order valence-electron chi connectivity index (χ0n) is 15.7. The summed E-state index contributed by atoms with van der Waals surface area (Å²) in [5, 5.41) is 4.14. The molecule has 0 N–H and O–H groups in total. The van der Waals surface area contributed by atoms with E-state index in [0.717, 1.165) is 31.2 Å². The third-order valence-corrected chi connectivity index (χ3v) is 7.25. The van der Waals surface area contributed by atoms with Gasteiger partial charge in [-0.15, -0.1) is 0 Å². The van der Waals surface area contributed by atoms with E-state index in [1.54, 1.807) is 4.90 Å². The van der Waals surface area contributed by atoms with Crippen molar-refractivity contribution in [2.45, 2.75) is 38.1 Å². The van der Waals surface area contributed by atoms with E-state index in [1.165, 1.54) is 4.31 Å². The molecule has 2 aliphatic heterocycles. The highest BCUT2D eigenvalue weighted by atomic mass is 32.2. The molecule has 0 radical (unpaired) electrons. The highest BCUT2D eigenvalue weighted by molar-refractivity contribution is 7.89. The first-order valence-electron chi connectivity index (χ1n) is 9.71. The van der Waals surface area contributed by atoms with Crippen molar-refractivity contribution in [3.63, 3.8) is 0 Å². The van der Waals surface area contributed by atoms with Gasteiger partial charge < -0.3 is 9.42 Å². The molecule has 1 atom stereocenters. The smallest absolute Gasteiger partial charge is 0.257 e. The number of carbonyl (C=O) groups excluding carboxylic acids is 1. The Morgan fingerprint density at radius 3 is 2.68 bits per heavy atom. The molecule has 8 nitrogen and oxygen atoms in total. The largest absolute Gasteiger partial charge is 0.334 e. The van der Waals surface area contributed by atoms with Crippen molar-refractivity contribution in [3.05, 3.63) is 36.2 Å². The van der Waals surface area contributed by atoms with Crippen molar-refractivity contribution < 1.29 is 17.7 Å². The summed E-state index contributed by atoms with van der Waals surface area (Å²) in [5.74, 6) is 0.839. The van der Waals surface area contributed by atoms with Crippen LogP contribution in [0.1, 0.15) is 44.0 Å². The molecular formula is C19H24N4O4S. The van der Waals surface area contributed by atoms with Crippen LogP contribution in [0.15, 0.2) is 34.9 Å². The SMILES string of the molecule is O=C(CN1CCCS1(=O)=O)N1CCCCC[C@H]1c1noc(-c2ccccc2)n1. The summed E-state index contributed by atoms with van der Waals surface area (Å²) in [6.45, 7) is 0.877. The highest BCUT2D eigenvalue weighted by Crippen LogP contribution is 2.30. The maximum Gasteiger partial charge on any atom is 0.257 e. The van der Waals surface area contributed by atoms with Gasteiger partial charge in [0.25, 0.3) is 5.89 Å². The molecule has 0 spiro atoms. The van der Waals surface area contributed by atoms with Crippen molar-refractivity contribution in [1.29, 1.82) is 0 Å². The van der Waals surface area contributed by atoms with Crippen molar-refractivity contribution in [2.75, 3.05) is 25.4 Å². The molecular weight excluding hydrogens is 380 g/mol. The Labute approximate surface area is 164 Å². The van der Waals surface area contributed by atoms with Gasteiger partial charge in [-0.2, -0.15) is 9.29 Å². The Kier molecular flexibility index (Phi) is 5.45. The van der Waals surface area contributed by atoms with Crippen LogP contribution in [0.5, 0.6) is 0 Å². The van der Waals surface area contributed by atoms with Gasteiger partial charge in [0, 0.05) is 18.7 Å². The Bertz CT molecular complexity index is 928. The van der Waals surface area contributed by atoms with Crippen LogP contribution in [0.4, 0.5) is 0 Å². The maximum atomic E-state index is 13.0. The average molecular weight is 404 g/mol. The molecule has 2 saturated heterocycles. The minimum absolute atomic E-state index is 0.109. The molecule has 3 heterocycles. The summed E-state index contributed by atoms with van der Waals surface area (Å²) in [6.07, 6.45) is 4.19. The number of benzene rings is 1. The van der Waals surface area contributed by atoms with E-state index in [-0.39, 0.29) is 24.2 Å². The Morgan fingerprint density at radius 1 is 1.11 bits per heavy atom. The minimum Gasteiger partial charge on any atom is -0.334 e. The van der Waals surface area contributed by atoms with Crippen LogP contribution in [-0.4, -0.2) is 59.1 Å². The number of hydrogen-bond acceptors (Lipinski definition) is 6. The van der Waals surface area contributed by atoms with Crippen molar-refractivity contribution in [2.24, 2.45) is 0 Å². The normalized spacial score (nSPS) is 22.9. The lowest BCUT2D eigenvalue weighted by Crippen LogP contribution is -2.43. The summed E-state index contributed by atoms with van der Waals surface area (Å²) >= 11 is 0. The third kappa shape index (κ3) is 3.95. The average Bonchev–Trinajstić information content (AvgIpc) is 3.21. The van der Waals surface area contributed by atoms with Crippen LogP contribution in [-0.2, 0) is 14.8 Å². The van der Waals surface area contributed by atoms with Crippen LogP contribution in [0, 0.1) is 0 Å². The first-order valence-corrected chi connectivity index (χ1v) is 11.3. The van der Waals surface area contributed by atoms with Gasteiger partial charge >= 0.3 is 0 Å². The third-order valence-electron chi connectivity index (χ3n) is 5.35. The fourth-order valence-electron chi connectivity index (χ4n) is 3.85. The predicted octanol–water partition coefficient (Wildman–Crippen LogP) is 2.22. The fraction of sp³-hybridized carbons (Fsp3) is 0.526. The van der Waals surface area contributed by atoms with Crippen LogP contribution in [0.2, 0.25) is 0 Å². The molecule has 2 aromatic rings. The Hall–Kier alpha value is -2.26. The molecule has 9 heteroatoms. The van der Waals surface area contributed by atoms with E-state index < -0.39 is 10.0 Å². The summed E-state index contributed by atoms with van der Waals surface area (Å²) in [4.78, 5) is 19.3. The fourth-order valence-corrected chi connectivity index (χ4v) is 5.32. The van der Waals surface area contributed by atoms with Crippen molar-refractivity contribution in [1.82, 2.24) is 19.3 Å². The zero-order chi connectivity index (χ0) is 19.6. The van der Waals surface area contributed by atoms with E-state index in [9.17, 15) is 13.2 Å².